The van der Waals surface area contributed by atoms with Crippen molar-refractivity contribution in [2.75, 3.05) is 13.1 Å². The predicted molar refractivity (Wildman–Crippen MR) is 133 cm³/mol. The van der Waals surface area contributed by atoms with Crippen LogP contribution in [-0.2, 0) is 23.2 Å². The molecule has 37 heavy (non-hydrogen) atoms. The lowest BCUT2D eigenvalue weighted by Gasteiger charge is -2.32. The highest BCUT2D eigenvalue weighted by molar-refractivity contribution is 6.05. The first-order chi connectivity index (χ1) is 17.8. The Hall–Kier alpha value is -4.01. The molecule has 0 spiro atoms. The lowest BCUT2D eigenvalue weighted by molar-refractivity contribution is -0.136. The molecule has 0 bridgehead atoms. The fraction of sp³-hybridized carbons (Fsp3) is 0.357. The molecule has 0 radical (unpaired) electrons. The van der Waals surface area contributed by atoms with Gasteiger partial charge in [-0.15, -0.1) is 0 Å². The van der Waals surface area contributed by atoms with Crippen LogP contribution in [0, 0.1) is 5.82 Å². The van der Waals surface area contributed by atoms with Gasteiger partial charge in [-0.05, 0) is 66.6 Å². The molecule has 0 saturated carbocycles. The molecule has 1 N–H and O–H groups in total. The van der Waals surface area contributed by atoms with Crippen molar-refractivity contribution in [1.29, 1.82) is 0 Å². The van der Waals surface area contributed by atoms with E-state index < -0.39 is 17.8 Å². The molecule has 8 nitrogen and oxygen atoms in total. The highest BCUT2D eigenvalue weighted by atomic mass is 19.1. The number of benzene rings is 2. The molecule has 9 heteroatoms. The smallest absolute Gasteiger partial charge is 0.255 e. The van der Waals surface area contributed by atoms with Crippen molar-refractivity contribution >= 4 is 34.5 Å². The lowest BCUT2D eigenvalue weighted by atomic mass is 9.87. The van der Waals surface area contributed by atoms with Crippen LogP contribution in [0.1, 0.15) is 63.4 Å². The molecule has 3 aliphatic heterocycles. The zero-order chi connectivity index (χ0) is 25.8. The van der Waals surface area contributed by atoms with Crippen molar-refractivity contribution in [3.8, 4) is 0 Å². The monoisotopic (exact) mass is 502 g/mol. The van der Waals surface area contributed by atoms with Gasteiger partial charge in [0.05, 0.1) is 0 Å². The average Bonchev–Trinajstić information content (AvgIpc) is 3.42. The maximum absolute atomic E-state index is 15.2. The molecule has 2 fully saturated rings. The second-order valence-electron chi connectivity index (χ2n) is 10.2. The molecule has 3 aromatic rings. The minimum Gasteiger partial charge on any atom is -0.351 e. The van der Waals surface area contributed by atoms with Gasteiger partial charge in [-0.2, -0.15) is 0 Å². The predicted octanol–water partition coefficient (Wildman–Crippen LogP) is 3.10. The number of imide groups is 1. The number of amides is 4. The Labute approximate surface area is 213 Å². The number of hydrogen-bond donors (Lipinski definition) is 1. The minimum absolute atomic E-state index is 0.0240. The number of aromatic nitrogens is 1. The van der Waals surface area contributed by atoms with E-state index in [0.29, 0.717) is 42.6 Å². The maximum Gasteiger partial charge on any atom is 0.255 e. The van der Waals surface area contributed by atoms with Gasteiger partial charge >= 0.3 is 0 Å². The molecule has 6 rings (SSSR count). The maximum atomic E-state index is 15.2. The Morgan fingerprint density at radius 1 is 1.03 bits per heavy atom. The molecule has 1 aromatic heterocycles. The Morgan fingerprint density at radius 2 is 1.81 bits per heavy atom. The van der Waals surface area contributed by atoms with E-state index in [0.717, 1.165) is 10.9 Å². The van der Waals surface area contributed by atoms with E-state index in [4.69, 9.17) is 0 Å². The van der Waals surface area contributed by atoms with Crippen LogP contribution >= 0.6 is 0 Å². The Kier molecular flexibility index (Phi) is 5.58. The number of carbonyl (C=O) groups excluding carboxylic acids is 4. The van der Waals surface area contributed by atoms with Crippen LogP contribution in [0.5, 0.6) is 0 Å². The number of nitrogens with one attached hydrogen (secondary N) is 1. The highest BCUT2D eigenvalue weighted by Gasteiger charge is 2.40. The Morgan fingerprint density at radius 3 is 2.57 bits per heavy atom. The summed E-state index contributed by atoms with van der Waals surface area (Å²) in [6, 6.07) is 10.0. The summed E-state index contributed by atoms with van der Waals surface area (Å²) in [7, 11) is 1.97. The van der Waals surface area contributed by atoms with Gasteiger partial charge < -0.3 is 14.4 Å². The van der Waals surface area contributed by atoms with Crippen LogP contribution in [-0.4, -0.2) is 57.1 Å². The third kappa shape index (κ3) is 3.98. The van der Waals surface area contributed by atoms with Crippen molar-refractivity contribution in [2.45, 2.75) is 44.2 Å². The van der Waals surface area contributed by atoms with Crippen LogP contribution in [0.25, 0.3) is 10.9 Å². The zero-order valence-electron chi connectivity index (χ0n) is 20.5. The van der Waals surface area contributed by atoms with Gasteiger partial charge in [0, 0.05) is 61.3 Å². The standard InChI is InChI=1S/C28H27FN4O4/c1-31-9-6-17-12-18(2-3-23(17)31)27(36)32-10-7-16(8-11-32)20-13-19-15-33(28(37)21(19)14-22(20)29)24-4-5-25(34)30-26(24)35/h2-3,6,9,12-14,16,24H,4-5,7-8,10-11,15H2,1H3,(H,30,34,35). The summed E-state index contributed by atoms with van der Waals surface area (Å²) in [6.07, 6.45) is 3.66. The van der Waals surface area contributed by atoms with Gasteiger partial charge in [-0.25, -0.2) is 4.39 Å². The zero-order valence-corrected chi connectivity index (χ0v) is 20.5. The molecular formula is C28H27FN4O4. The van der Waals surface area contributed by atoms with Gasteiger partial charge in [0.25, 0.3) is 11.8 Å². The van der Waals surface area contributed by atoms with Crippen LogP contribution < -0.4 is 5.32 Å². The second kappa shape index (κ2) is 8.83. The lowest BCUT2D eigenvalue weighted by Crippen LogP contribution is -2.52. The van der Waals surface area contributed by atoms with E-state index in [1.807, 2.05) is 47.0 Å². The molecular weight excluding hydrogens is 475 g/mol. The first kappa shape index (κ1) is 23.4. The number of carbonyl (C=O) groups is 4. The summed E-state index contributed by atoms with van der Waals surface area (Å²) in [5.41, 5.74) is 3.23. The Balaban J connectivity index is 1.15. The fourth-order valence-electron chi connectivity index (χ4n) is 5.91. The van der Waals surface area contributed by atoms with Crippen LogP contribution in [0.3, 0.4) is 0 Å². The molecule has 4 amide bonds. The van der Waals surface area contributed by atoms with Crippen molar-refractivity contribution < 1.29 is 23.6 Å². The molecule has 190 valence electrons. The van der Waals surface area contributed by atoms with E-state index in [9.17, 15) is 19.2 Å². The topological polar surface area (TPSA) is 91.7 Å². The minimum atomic E-state index is -0.728. The molecule has 0 aliphatic carbocycles. The largest absolute Gasteiger partial charge is 0.351 e. The summed E-state index contributed by atoms with van der Waals surface area (Å²) in [5.74, 6) is -1.73. The SMILES string of the molecule is Cn1ccc2cc(C(=O)N3CCC(c4cc5c(cc4F)C(=O)N(C4CCC(=O)NC4=O)C5)CC3)ccc21. The Bertz CT molecular complexity index is 1470. The normalized spacial score (nSPS) is 20.5. The van der Waals surface area contributed by atoms with Crippen molar-refractivity contribution in [3.05, 3.63) is 70.7 Å². The van der Waals surface area contributed by atoms with E-state index in [1.54, 1.807) is 6.07 Å². The first-order valence-electron chi connectivity index (χ1n) is 12.6. The average molecular weight is 503 g/mol. The van der Waals surface area contributed by atoms with Crippen LogP contribution in [0.4, 0.5) is 4.39 Å². The van der Waals surface area contributed by atoms with Crippen LogP contribution in [0.2, 0.25) is 0 Å². The number of nitrogens with zero attached hydrogens (tertiary/aromatic N) is 3. The summed E-state index contributed by atoms with van der Waals surface area (Å²) < 4.78 is 17.2. The number of halogens is 1. The number of aryl methyl sites for hydroxylation is 1. The third-order valence-electron chi connectivity index (χ3n) is 7.99. The van der Waals surface area contributed by atoms with E-state index in [-0.39, 0.29) is 48.6 Å². The van der Waals surface area contributed by atoms with Gasteiger partial charge in [0.15, 0.2) is 0 Å². The third-order valence-corrected chi connectivity index (χ3v) is 7.99. The molecule has 4 heterocycles. The van der Waals surface area contributed by atoms with E-state index in [2.05, 4.69) is 5.32 Å². The van der Waals surface area contributed by atoms with Gasteiger partial charge in [-0.1, -0.05) is 6.07 Å². The second-order valence-corrected chi connectivity index (χ2v) is 10.2. The number of likely N-dealkylation sites (tertiary alicyclic amines) is 1. The number of hydrogen-bond acceptors (Lipinski definition) is 4. The van der Waals surface area contributed by atoms with Crippen molar-refractivity contribution in [2.24, 2.45) is 7.05 Å². The molecule has 3 aliphatic rings. The molecule has 1 unspecified atom stereocenters. The molecule has 2 aromatic carbocycles. The van der Waals surface area contributed by atoms with E-state index >= 15 is 4.39 Å². The van der Waals surface area contributed by atoms with Crippen LogP contribution in [0.15, 0.2) is 42.6 Å². The van der Waals surface area contributed by atoms with Gasteiger partial charge in [0.1, 0.15) is 11.9 Å². The fourth-order valence-corrected chi connectivity index (χ4v) is 5.91. The number of fused-ring (bicyclic) bond motifs is 2. The molecule has 1 atom stereocenters. The summed E-state index contributed by atoms with van der Waals surface area (Å²) in [5, 5.41) is 3.30. The van der Waals surface area contributed by atoms with Crippen molar-refractivity contribution in [1.82, 2.24) is 19.7 Å². The number of piperidine rings is 2. The summed E-state index contributed by atoms with van der Waals surface area (Å²) in [6.45, 7) is 1.26. The van der Waals surface area contributed by atoms with Crippen molar-refractivity contribution in [3.63, 3.8) is 0 Å². The van der Waals surface area contributed by atoms with Gasteiger partial charge in [-0.3, -0.25) is 24.5 Å². The summed E-state index contributed by atoms with van der Waals surface area (Å²) in [4.78, 5) is 53.1. The number of rotatable bonds is 3. The van der Waals surface area contributed by atoms with E-state index in [1.165, 1.54) is 11.0 Å². The quantitative estimate of drug-likeness (QED) is 0.558. The molecule has 2 saturated heterocycles. The van der Waals surface area contributed by atoms with Gasteiger partial charge in [0.2, 0.25) is 11.8 Å². The first-order valence-corrected chi connectivity index (χ1v) is 12.6. The highest BCUT2D eigenvalue weighted by Crippen LogP contribution is 2.36. The summed E-state index contributed by atoms with van der Waals surface area (Å²) >= 11 is 0.